The van der Waals surface area contributed by atoms with Crippen LogP contribution in [0.1, 0.15) is 56.9 Å². The molecule has 0 amide bonds. The van der Waals surface area contributed by atoms with Crippen LogP contribution in [-0.4, -0.2) is 0 Å². The highest BCUT2D eigenvalue weighted by atomic mass is 14.9. The molecule has 0 heterocycles. The molecule has 126 valence electrons. The maximum Gasteiger partial charge on any atom is 0.0416 e. The van der Waals surface area contributed by atoms with Gasteiger partial charge in [0.25, 0.3) is 0 Å². The third-order valence-electron chi connectivity index (χ3n) is 3.40. The molecular weight excluding hydrogens is 278 g/mol. The van der Waals surface area contributed by atoms with E-state index in [0.717, 1.165) is 23.4 Å². The van der Waals surface area contributed by atoms with E-state index in [2.05, 4.69) is 75.1 Å². The summed E-state index contributed by atoms with van der Waals surface area (Å²) in [6.45, 7) is 18.5. The van der Waals surface area contributed by atoms with E-state index < -0.39 is 0 Å². The van der Waals surface area contributed by atoms with Gasteiger partial charge in [-0.25, -0.2) is 0 Å². The van der Waals surface area contributed by atoms with Crippen molar-refractivity contribution in [2.75, 3.05) is 5.32 Å². The van der Waals surface area contributed by atoms with Gasteiger partial charge in [0.05, 0.1) is 0 Å². The number of anilines is 1. The van der Waals surface area contributed by atoms with E-state index in [-0.39, 0.29) is 0 Å². The molecule has 0 bridgehead atoms. The van der Waals surface area contributed by atoms with E-state index in [4.69, 9.17) is 0 Å². The lowest BCUT2D eigenvalue weighted by Crippen LogP contribution is -2.00. The molecule has 0 saturated heterocycles. The molecule has 0 spiro atoms. The SMILES string of the molecule is C=C(Nc1cc(CC)ccc1C)c1ccc(C)cc1.CC.CC. The monoisotopic (exact) mass is 311 g/mol. The van der Waals surface area contributed by atoms with Crippen LogP contribution >= 0.6 is 0 Å². The Labute approximate surface area is 143 Å². The highest BCUT2D eigenvalue weighted by Crippen LogP contribution is 2.22. The number of hydrogen-bond acceptors (Lipinski definition) is 1. The Morgan fingerprint density at radius 3 is 2.00 bits per heavy atom. The molecule has 1 nitrogen and oxygen atoms in total. The van der Waals surface area contributed by atoms with Crippen molar-refractivity contribution in [1.82, 2.24) is 0 Å². The van der Waals surface area contributed by atoms with Crippen LogP contribution in [0.4, 0.5) is 5.69 Å². The van der Waals surface area contributed by atoms with Gasteiger partial charge in [0.2, 0.25) is 0 Å². The second kappa shape index (κ2) is 11.5. The average molecular weight is 312 g/mol. The third kappa shape index (κ3) is 6.73. The molecule has 23 heavy (non-hydrogen) atoms. The normalized spacial score (nSPS) is 9.00. The van der Waals surface area contributed by atoms with E-state index in [1.165, 1.54) is 16.7 Å². The summed E-state index contributed by atoms with van der Waals surface area (Å²) in [4.78, 5) is 0. The van der Waals surface area contributed by atoms with E-state index in [9.17, 15) is 0 Å². The van der Waals surface area contributed by atoms with Crippen LogP contribution in [0.2, 0.25) is 0 Å². The van der Waals surface area contributed by atoms with E-state index in [0.29, 0.717) is 0 Å². The van der Waals surface area contributed by atoms with Crippen LogP contribution in [0.5, 0.6) is 0 Å². The topological polar surface area (TPSA) is 12.0 Å². The summed E-state index contributed by atoms with van der Waals surface area (Å²) in [7, 11) is 0. The third-order valence-corrected chi connectivity index (χ3v) is 3.40. The molecule has 0 aliphatic heterocycles. The molecule has 0 unspecified atom stereocenters. The van der Waals surface area contributed by atoms with Crippen molar-refractivity contribution in [3.05, 3.63) is 71.3 Å². The second-order valence-corrected chi connectivity index (χ2v) is 4.97. The van der Waals surface area contributed by atoms with E-state index in [1.54, 1.807) is 0 Å². The van der Waals surface area contributed by atoms with Gasteiger partial charge in [-0.15, -0.1) is 0 Å². The lowest BCUT2D eigenvalue weighted by atomic mass is 10.1. The summed E-state index contributed by atoms with van der Waals surface area (Å²) in [6, 6.07) is 15.0. The summed E-state index contributed by atoms with van der Waals surface area (Å²) in [5.74, 6) is 0. The molecular formula is C22H33N. The fourth-order valence-electron chi connectivity index (χ4n) is 2.01. The Morgan fingerprint density at radius 1 is 0.913 bits per heavy atom. The summed E-state index contributed by atoms with van der Waals surface area (Å²) >= 11 is 0. The maximum absolute atomic E-state index is 4.14. The molecule has 1 heteroatoms. The molecule has 0 radical (unpaired) electrons. The summed E-state index contributed by atoms with van der Waals surface area (Å²) in [6.07, 6.45) is 1.05. The van der Waals surface area contributed by atoms with Crippen molar-refractivity contribution in [1.29, 1.82) is 0 Å². The van der Waals surface area contributed by atoms with Crippen molar-refractivity contribution in [2.24, 2.45) is 0 Å². The molecule has 0 aliphatic carbocycles. The largest absolute Gasteiger partial charge is 0.355 e. The van der Waals surface area contributed by atoms with Gasteiger partial charge in [0.1, 0.15) is 0 Å². The van der Waals surface area contributed by atoms with Crippen LogP contribution in [0.25, 0.3) is 5.70 Å². The highest BCUT2D eigenvalue weighted by Gasteiger charge is 2.03. The molecule has 0 aromatic heterocycles. The minimum atomic E-state index is 0.941. The number of nitrogens with one attached hydrogen (secondary N) is 1. The molecule has 2 aromatic carbocycles. The summed E-state index contributed by atoms with van der Waals surface area (Å²) in [5, 5.41) is 3.43. The fourth-order valence-corrected chi connectivity index (χ4v) is 2.01. The zero-order valence-corrected chi connectivity index (χ0v) is 16.0. The Bertz CT molecular complexity index is 579. The predicted octanol–water partition coefficient (Wildman–Crippen LogP) is 7.00. The Morgan fingerprint density at radius 2 is 1.48 bits per heavy atom. The van der Waals surface area contributed by atoms with E-state index >= 15 is 0 Å². The molecule has 1 N–H and O–H groups in total. The van der Waals surface area contributed by atoms with Crippen LogP contribution < -0.4 is 5.32 Å². The Hall–Kier alpha value is -2.02. The fraction of sp³-hybridized carbons (Fsp3) is 0.364. The number of hydrogen-bond donors (Lipinski definition) is 1. The molecule has 0 saturated carbocycles. The van der Waals surface area contributed by atoms with Gasteiger partial charge in [-0.3, -0.25) is 0 Å². The Balaban J connectivity index is 0.00000112. The van der Waals surface area contributed by atoms with Crippen molar-refractivity contribution in [3.63, 3.8) is 0 Å². The zero-order chi connectivity index (χ0) is 17.8. The summed E-state index contributed by atoms with van der Waals surface area (Å²) < 4.78 is 0. The van der Waals surface area contributed by atoms with E-state index in [1.807, 2.05) is 27.7 Å². The molecule has 0 atom stereocenters. The molecule has 2 rings (SSSR count). The molecule has 0 aliphatic rings. The van der Waals surface area contributed by atoms with Crippen LogP contribution in [0.15, 0.2) is 49.0 Å². The standard InChI is InChI=1S/C18H21N.2C2H6/c1-5-16-9-8-14(3)18(12-16)19-15(4)17-10-6-13(2)7-11-17;2*1-2/h6-12,19H,4-5H2,1-3H3;2*1-2H3. The van der Waals surface area contributed by atoms with Gasteiger partial charge in [0.15, 0.2) is 0 Å². The Kier molecular flexibility index (Phi) is 10.5. The van der Waals surface area contributed by atoms with Crippen molar-refractivity contribution < 1.29 is 0 Å². The van der Waals surface area contributed by atoms with Gasteiger partial charge in [0, 0.05) is 11.4 Å². The van der Waals surface area contributed by atoms with Crippen LogP contribution in [-0.2, 0) is 6.42 Å². The van der Waals surface area contributed by atoms with Crippen LogP contribution in [0.3, 0.4) is 0 Å². The van der Waals surface area contributed by atoms with Gasteiger partial charge >= 0.3 is 0 Å². The number of rotatable bonds is 4. The minimum absolute atomic E-state index is 0.941. The average Bonchev–Trinajstić information content (AvgIpc) is 2.61. The van der Waals surface area contributed by atoms with Gasteiger partial charge < -0.3 is 5.32 Å². The number of aryl methyl sites for hydroxylation is 3. The number of benzene rings is 2. The first kappa shape index (κ1) is 21.0. The van der Waals surface area contributed by atoms with Crippen molar-refractivity contribution in [2.45, 2.75) is 54.9 Å². The first-order valence-corrected chi connectivity index (χ1v) is 8.72. The molecule has 2 aromatic rings. The smallest absolute Gasteiger partial charge is 0.0416 e. The first-order chi connectivity index (χ1) is 11.1. The van der Waals surface area contributed by atoms with Crippen LogP contribution in [0, 0.1) is 13.8 Å². The zero-order valence-electron chi connectivity index (χ0n) is 16.0. The minimum Gasteiger partial charge on any atom is -0.355 e. The molecule has 0 fully saturated rings. The van der Waals surface area contributed by atoms with Gasteiger partial charge in [-0.1, -0.05) is 83.2 Å². The second-order valence-electron chi connectivity index (χ2n) is 4.97. The van der Waals surface area contributed by atoms with Gasteiger partial charge in [-0.05, 0) is 43.0 Å². The highest BCUT2D eigenvalue weighted by molar-refractivity contribution is 5.76. The van der Waals surface area contributed by atoms with Crippen molar-refractivity contribution in [3.8, 4) is 0 Å². The summed E-state index contributed by atoms with van der Waals surface area (Å²) in [5.41, 5.74) is 7.06. The first-order valence-electron chi connectivity index (χ1n) is 8.72. The van der Waals surface area contributed by atoms with Gasteiger partial charge in [-0.2, -0.15) is 0 Å². The predicted molar refractivity (Wildman–Crippen MR) is 107 cm³/mol. The lowest BCUT2D eigenvalue weighted by Gasteiger charge is -2.13. The lowest BCUT2D eigenvalue weighted by molar-refractivity contribution is 1.14. The van der Waals surface area contributed by atoms with Crippen molar-refractivity contribution >= 4 is 11.4 Å². The maximum atomic E-state index is 4.14. The quantitative estimate of drug-likeness (QED) is 0.641.